The minimum atomic E-state index is -4.60. The number of carboxylic acid groups (broad SMARTS) is 1. The molecule has 1 N–H and O–H groups in total. The van der Waals surface area contributed by atoms with Crippen LogP contribution in [-0.4, -0.2) is 21.0 Å². The second kappa shape index (κ2) is 6.35. The number of hydrogen-bond donors (Lipinski definition) is 1. The van der Waals surface area contributed by atoms with Gasteiger partial charge in [-0.1, -0.05) is 42.1 Å². The van der Waals surface area contributed by atoms with Crippen LogP contribution in [0.4, 0.5) is 13.2 Å². The monoisotopic (exact) mass is 328 g/mol. The molecule has 0 aliphatic heterocycles. The van der Waals surface area contributed by atoms with Gasteiger partial charge in [0.05, 0.1) is 0 Å². The van der Waals surface area contributed by atoms with E-state index in [1.54, 1.807) is 30.3 Å². The van der Waals surface area contributed by atoms with Gasteiger partial charge < -0.3 is 5.11 Å². The van der Waals surface area contributed by atoms with Crippen LogP contribution in [0.3, 0.4) is 0 Å². The maximum absolute atomic E-state index is 12.8. The molecule has 1 heterocycles. The number of aromatic nitrogens is 2. The Labute approximate surface area is 128 Å². The first kappa shape index (κ1) is 16.3. The van der Waals surface area contributed by atoms with Gasteiger partial charge in [0.1, 0.15) is 10.9 Å². The van der Waals surface area contributed by atoms with Crippen molar-refractivity contribution < 1.29 is 23.1 Å². The van der Waals surface area contributed by atoms with Gasteiger partial charge in [0.2, 0.25) is 0 Å². The van der Waals surface area contributed by atoms with Crippen LogP contribution in [0.25, 0.3) is 0 Å². The average molecular weight is 328 g/mol. The summed E-state index contributed by atoms with van der Waals surface area (Å²) < 4.78 is 38.3. The lowest BCUT2D eigenvalue weighted by Gasteiger charge is -2.13. The zero-order chi connectivity index (χ0) is 16.3. The molecule has 4 nitrogen and oxygen atoms in total. The summed E-state index contributed by atoms with van der Waals surface area (Å²) in [4.78, 5) is 18.7. The Kier molecular flexibility index (Phi) is 4.70. The minimum Gasteiger partial charge on any atom is -0.480 e. The number of thioether (sulfide) groups is 1. The highest BCUT2D eigenvalue weighted by Gasteiger charge is 2.34. The van der Waals surface area contributed by atoms with Gasteiger partial charge in [0, 0.05) is 5.69 Å². The zero-order valence-electron chi connectivity index (χ0n) is 11.3. The van der Waals surface area contributed by atoms with Crippen LogP contribution in [0, 0.1) is 6.92 Å². The second-order valence-electron chi connectivity index (χ2n) is 4.42. The van der Waals surface area contributed by atoms with E-state index in [1.165, 1.54) is 6.92 Å². The van der Waals surface area contributed by atoms with Gasteiger partial charge in [-0.2, -0.15) is 13.2 Å². The van der Waals surface area contributed by atoms with Crippen LogP contribution < -0.4 is 0 Å². The molecule has 0 spiro atoms. The number of alkyl halides is 3. The molecule has 0 saturated carbocycles. The summed E-state index contributed by atoms with van der Waals surface area (Å²) in [5.74, 6) is -1.17. The first-order valence-corrected chi connectivity index (χ1v) is 7.02. The number of benzene rings is 1. The van der Waals surface area contributed by atoms with Crippen LogP contribution in [0.5, 0.6) is 0 Å². The molecular weight excluding hydrogens is 317 g/mol. The van der Waals surface area contributed by atoms with Crippen molar-refractivity contribution in [3.63, 3.8) is 0 Å². The normalized spacial score (nSPS) is 12.9. The predicted molar refractivity (Wildman–Crippen MR) is 74.4 cm³/mol. The Morgan fingerprint density at radius 3 is 2.41 bits per heavy atom. The average Bonchev–Trinajstić information content (AvgIpc) is 2.44. The van der Waals surface area contributed by atoms with E-state index in [4.69, 9.17) is 0 Å². The smallest absolute Gasteiger partial charge is 0.433 e. The standard InChI is InChI=1S/C14H11F3N2O2S/c1-8-7-10(14(15,16)17)19-13(18-8)22-11(12(20)21)9-5-3-2-4-6-9/h2-7,11H,1H3,(H,20,21)/t11-/m0/s1. The lowest BCUT2D eigenvalue weighted by molar-refractivity contribution is -0.141. The second-order valence-corrected chi connectivity index (χ2v) is 5.49. The van der Waals surface area contributed by atoms with Crippen molar-refractivity contribution in [2.45, 2.75) is 23.5 Å². The molecule has 1 atom stereocenters. The molecule has 0 saturated heterocycles. The van der Waals surface area contributed by atoms with Crippen molar-refractivity contribution in [2.75, 3.05) is 0 Å². The topological polar surface area (TPSA) is 63.1 Å². The number of nitrogens with zero attached hydrogens (tertiary/aromatic N) is 2. The molecule has 2 aromatic rings. The summed E-state index contributed by atoms with van der Waals surface area (Å²) in [6.45, 7) is 1.40. The lowest BCUT2D eigenvalue weighted by Crippen LogP contribution is -2.12. The molecule has 2 rings (SSSR count). The lowest BCUT2D eigenvalue weighted by atomic mass is 10.1. The molecule has 0 aliphatic carbocycles. The van der Waals surface area contributed by atoms with Gasteiger partial charge in [-0.25, -0.2) is 9.97 Å². The SMILES string of the molecule is Cc1cc(C(F)(F)F)nc(S[C@H](C(=O)O)c2ccccc2)n1. The largest absolute Gasteiger partial charge is 0.480 e. The molecule has 1 aromatic heterocycles. The van der Waals surface area contributed by atoms with Crippen molar-refractivity contribution in [1.29, 1.82) is 0 Å². The molecule has 0 unspecified atom stereocenters. The maximum atomic E-state index is 12.8. The number of carboxylic acids is 1. The highest BCUT2D eigenvalue weighted by molar-refractivity contribution is 8.00. The molecule has 116 valence electrons. The number of halogens is 3. The van der Waals surface area contributed by atoms with Crippen molar-refractivity contribution in [3.8, 4) is 0 Å². The van der Waals surface area contributed by atoms with E-state index in [0.29, 0.717) is 17.3 Å². The van der Waals surface area contributed by atoms with Crippen molar-refractivity contribution in [3.05, 3.63) is 53.3 Å². The third-order valence-electron chi connectivity index (χ3n) is 2.67. The minimum absolute atomic E-state index is 0.127. The Bertz CT molecular complexity index is 678. The van der Waals surface area contributed by atoms with E-state index in [-0.39, 0.29) is 10.9 Å². The maximum Gasteiger partial charge on any atom is 0.433 e. The van der Waals surface area contributed by atoms with Crippen molar-refractivity contribution in [1.82, 2.24) is 9.97 Å². The predicted octanol–water partition coefficient (Wildman–Crippen LogP) is 3.72. The summed E-state index contributed by atoms with van der Waals surface area (Å²) in [5.41, 5.74) is -0.500. The molecule has 8 heteroatoms. The molecule has 0 aliphatic rings. The number of rotatable bonds is 4. The number of hydrogen-bond acceptors (Lipinski definition) is 4. The van der Waals surface area contributed by atoms with Gasteiger partial charge in [-0.3, -0.25) is 4.79 Å². The third-order valence-corrected chi connectivity index (χ3v) is 3.78. The van der Waals surface area contributed by atoms with Crippen molar-refractivity contribution >= 4 is 17.7 Å². The van der Waals surface area contributed by atoms with Crippen LogP contribution in [0.15, 0.2) is 41.6 Å². The van der Waals surface area contributed by atoms with Crippen molar-refractivity contribution in [2.24, 2.45) is 0 Å². The van der Waals surface area contributed by atoms with E-state index in [1.807, 2.05) is 0 Å². The number of carbonyl (C=O) groups is 1. The third kappa shape index (κ3) is 3.97. The van der Waals surface area contributed by atoms with Crippen LogP contribution in [0.1, 0.15) is 22.2 Å². The molecule has 22 heavy (non-hydrogen) atoms. The Morgan fingerprint density at radius 1 is 1.23 bits per heavy atom. The van der Waals surface area contributed by atoms with E-state index in [9.17, 15) is 23.1 Å². The fourth-order valence-corrected chi connectivity index (χ4v) is 2.69. The Balaban J connectivity index is 2.35. The van der Waals surface area contributed by atoms with E-state index >= 15 is 0 Å². The first-order valence-electron chi connectivity index (χ1n) is 6.14. The molecule has 1 aromatic carbocycles. The van der Waals surface area contributed by atoms with E-state index in [2.05, 4.69) is 9.97 Å². The highest BCUT2D eigenvalue weighted by atomic mass is 32.2. The summed E-state index contributed by atoms with van der Waals surface area (Å²) in [6, 6.07) is 9.03. The van der Waals surface area contributed by atoms with Gasteiger partial charge in [0.25, 0.3) is 0 Å². The van der Waals surface area contributed by atoms with Crippen LogP contribution >= 0.6 is 11.8 Å². The van der Waals surface area contributed by atoms with Gasteiger partial charge in [-0.05, 0) is 18.6 Å². The summed E-state index contributed by atoms with van der Waals surface area (Å²) >= 11 is 0.673. The Hall–Kier alpha value is -2.09. The first-order chi connectivity index (χ1) is 10.3. The van der Waals surface area contributed by atoms with Gasteiger partial charge in [0.15, 0.2) is 5.16 Å². The molecular formula is C14H11F3N2O2S. The highest BCUT2D eigenvalue weighted by Crippen LogP contribution is 2.35. The van der Waals surface area contributed by atoms with Crippen LogP contribution in [0.2, 0.25) is 0 Å². The number of aliphatic carboxylic acids is 1. The van der Waals surface area contributed by atoms with Gasteiger partial charge in [-0.15, -0.1) is 0 Å². The molecule has 0 amide bonds. The zero-order valence-corrected chi connectivity index (χ0v) is 12.1. The fraction of sp³-hybridized carbons (Fsp3) is 0.214. The van der Waals surface area contributed by atoms with E-state index < -0.39 is 23.1 Å². The summed E-state index contributed by atoms with van der Waals surface area (Å²) in [5, 5.41) is 7.99. The molecule has 0 fully saturated rings. The molecule has 0 radical (unpaired) electrons. The quantitative estimate of drug-likeness (QED) is 0.684. The summed E-state index contributed by atoms with van der Waals surface area (Å²) in [6.07, 6.45) is -4.60. The Morgan fingerprint density at radius 2 is 1.86 bits per heavy atom. The number of aryl methyl sites for hydroxylation is 1. The fourth-order valence-electron chi connectivity index (χ4n) is 1.73. The van der Waals surface area contributed by atoms with E-state index in [0.717, 1.165) is 6.07 Å². The van der Waals surface area contributed by atoms with Gasteiger partial charge >= 0.3 is 12.1 Å². The summed E-state index contributed by atoms with van der Waals surface area (Å²) in [7, 11) is 0. The molecule has 0 bridgehead atoms. The van der Waals surface area contributed by atoms with Crippen LogP contribution in [-0.2, 0) is 11.0 Å².